The lowest BCUT2D eigenvalue weighted by Gasteiger charge is -2.29. The third kappa shape index (κ3) is 2.60. The van der Waals surface area contributed by atoms with Crippen LogP contribution in [0.1, 0.15) is 18.9 Å². The zero-order valence-electron chi connectivity index (χ0n) is 9.45. The summed E-state index contributed by atoms with van der Waals surface area (Å²) in [6.45, 7) is 3.17. The lowest BCUT2D eigenvalue weighted by atomic mass is 9.83. The van der Waals surface area contributed by atoms with E-state index in [0.29, 0.717) is 13.0 Å². The van der Waals surface area contributed by atoms with Crippen molar-refractivity contribution in [2.45, 2.75) is 25.4 Å². The summed E-state index contributed by atoms with van der Waals surface area (Å²) < 4.78 is 18.0. The largest absolute Gasteiger partial charge is 0.389 e. The first-order valence-corrected chi connectivity index (χ1v) is 5.62. The highest BCUT2D eigenvalue weighted by Gasteiger charge is 2.34. The van der Waals surface area contributed by atoms with Gasteiger partial charge in [0.1, 0.15) is 5.82 Å². The van der Waals surface area contributed by atoms with E-state index in [1.54, 1.807) is 12.1 Å². The zero-order chi connectivity index (χ0) is 11.6. The van der Waals surface area contributed by atoms with Crippen molar-refractivity contribution >= 4 is 0 Å². The third-order valence-electron chi connectivity index (χ3n) is 3.28. The minimum atomic E-state index is -0.770. The molecule has 1 aromatic rings. The second-order valence-electron chi connectivity index (χ2n) is 4.72. The molecular formula is C13H17FO2. The maximum atomic E-state index is 12.7. The summed E-state index contributed by atoms with van der Waals surface area (Å²) in [6.07, 6.45) is 1.44. The minimum Gasteiger partial charge on any atom is -0.389 e. The molecule has 0 aromatic heterocycles. The fourth-order valence-corrected chi connectivity index (χ4v) is 2.18. The Morgan fingerprint density at radius 2 is 2.12 bits per heavy atom. The van der Waals surface area contributed by atoms with Gasteiger partial charge in [0, 0.05) is 18.9 Å². The number of aliphatic hydroxyl groups is 1. The first-order valence-electron chi connectivity index (χ1n) is 5.62. The van der Waals surface area contributed by atoms with Gasteiger partial charge in [-0.05, 0) is 31.0 Å². The molecular weight excluding hydrogens is 207 g/mol. The van der Waals surface area contributed by atoms with Gasteiger partial charge in [0.15, 0.2) is 0 Å². The quantitative estimate of drug-likeness (QED) is 0.852. The van der Waals surface area contributed by atoms with Gasteiger partial charge in [-0.2, -0.15) is 0 Å². The lowest BCUT2D eigenvalue weighted by Crippen LogP contribution is -2.37. The molecule has 1 aromatic carbocycles. The molecule has 0 saturated carbocycles. The van der Waals surface area contributed by atoms with E-state index >= 15 is 0 Å². The topological polar surface area (TPSA) is 29.5 Å². The first-order chi connectivity index (χ1) is 7.58. The van der Waals surface area contributed by atoms with Crippen LogP contribution in [0.25, 0.3) is 0 Å². The van der Waals surface area contributed by atoms with E-state index in [1.807, 2.05) is 6.92 Å². The van der Waals surface area contributed by atoms with Crippen LogP contribution in [-0.2, 0) is 11.2 Å². The summed E-state index contributed by atoms with van der Waals surface area (Å²) in [5.41, 5.74) is 0.187. The molecule has 2 rings (SSSR count). The van der Waals surface area contributed by atoms with Gasteiger partial charge < -0.3 is 9.84 Å². The highest BCUT2D eigenvalue weighted by Crippen LogP contribution is 2.28. The molecule has 0 bridgehead atoms. The standard InChI is InChI=1S/C13H17FO2/c1-13(15,11-6-7-16-9-11)8-10-2-4-12(14)5-3-10/h2-5,11,15H,6-9H2,1H3. The zero-order valence-corrected chi connectivity index (χ0v) is 9.45. The summed E-state index contributed by atoms with van der Waals surface area (Å²) in [7, 11) is 0. The van der Waals surface area contributed by atoms with Gasteiger partial charge in [-0.3, -0.25) is 0 Å². The van der Waals surface area contributed by atoms with Gasteiger partial charge in [0.05, 0.1) is 12.2 Å². The van der Waals surface area contributed by atoms with Crippen molar-refractivity contribution in [3.05, 3.63) is 35.6 Å². The predicted octanol–water partition coefficient (Wildman–Crippen LogP) is 2.16. The number of rotatable bonds is 3. The van der Waals surface area contributed by atoms with Crippen LogP contribution < -0.4 is 0 Å². The van der Waals surface area contributed by atoms with E-state index in [-0.39, 0.29) is 11.7 Å². The first kappa shape index (κ1) is 11.6. The van der Waals surface area contributed by atoms with Crippen LogP contribution in [0.2, 0.25) is 0 Å². The van der Waals surface area contributed by atoms with Crippen molar-refractivity contribution < 1.29 is 14.2 Å². The molecule has 16 heavy (non-hydrogen) atoms. The molecule has 0 amide bonds. The van der Waals surface area contributed by atoms with Crippen LogP contribution in [0, 0.1) is 11.7 Å². The van der Waals surface area contributed by atoms with Gasteiger partial charge in [0.25, 0.3) is 0 Å². The van der Waals surface area contributed by atoms with E-state index in [1.165, 1.54) is 12.1 Å². The smallest absolute Gasteiger partial charge is 0.123 e. The summed E-state index contributed by atoms with van der Waals surface area (Å²) in [6, 6.07) is 6.30. The maximum Gasteiger partial charge on any atom is 0.123 e. The number of hydrogen-bond acceptors (Lipinski definition) is 2. The van der Waals surface area contributed by atoms with Crippen molar-refractivity contribution in [3.63, 3.8) is 0 Å². The molecule has 0 spiro atoms. The summed E-state index contributed by atoms with van der Waals surface area (Å²) in [5.74, 6) is -0.0647. The molecule has 2 unspecified atom stereocenters. The maximum absolute atomic E-state index is 12.7. The second-order valence-corrected chi connectivity index (χ2v) is 4.72. The normalized spacial score (nSPS) is 24.3. The average molecular weight is 224 g/mol. The molecule has 1 fully saturated rings. The summed E-state index contributed by atoms with van der Waals surface area (Å²) in [4.78, 5) is 0. The number of halogens is 1. The molecule has 1 heterocycles. The second kappa shape index (κ2) is 4.52. The fraction of sp³-hybridized carbons (Fsp3) is 0.538. The number of benzene rings is 1. The third-order valence-corrected chi connectivity index (χ3v) is 3.28. The number of hydrogen-bond donors (Lipinski definition) is 1. The Labute approximate surface area is 95.1 Å². The van der Waals surface area contributed by atoms with Crippen molar-refractivity contribution in [1.82, 2.24) is 0 Å². The molecule has 0 radical (unpaired) electrons. The van der Waals surface area contributed by atoms with Gasteiger partial charge >= 0.3 is 0 Å². The highest BCUT2D eigenvalue weighted by atomic mass is 19.1. The van der Waals surface area contributed by atoms with Crippen LogP contribution in [0.4, 0.5) is 4.39 Å². The van der Waals surface area contributed by atoms with E-state index in [9.17, 15) is 9.50 Å². The number of ether oxygens (including phenoxy) is 1. The van der Waals surface area contributed by atoms with Crippen molar-refractivity contribution in [2.75, 3.05) is 13.2 Å². The van der Waals surface area contributed by atoms with Crippen LogP contribution in [-0.4, -0.2) is 23.9 Å². The monoisotopic (exact) mass is 224 g/mol. The Morgan fingerprint density at radius 1 is 1.44 bits per heavy atom. The van der Waals surface area contributed by atoms with Crippen molar-refractivity contribution in [2.24, 2.45) is 5.92 Å². The minimum absolute atomic E-state index is 0.178. The van der Waals surface area contributed by atoms with E-state index in [0.717, 1.165) is 18.6 Å². The van der Waals surface area contributed by atoms with E-state index in [2.05, 4.69) is 0 Å². The van der Waals surface area contributed by atoms with Gasteiger partial charge in [-0.1, -0.05) is 12.1 Å². The summed E-state index contributed by atoms with van der Waals surface area (Å²) in [5, 5.41) is 10.4. The summed E-state index contributed by atoms with van der Waals surface area (Å²) >= 11 is 0. The van der Waals surface area contributed by atoms with E-state index in [4.69, 9.17) is 4.74 Å². The van der Waals surface area contributed by atoms with Gasteiger partial charge in [-0.15, -0.1) is 0 Å². The molecule has 2 atom stereocenters. The SMILES string of the molecule is CC(O)(Cc1ccc(F)cc1)C1CCOC1. The molecule has 0 aliphatic carbocycles. The highest BCUT2D eigenvalue weighted by molar-refractivity contribution is 5.18. The van der Waals surface area contributed by atoms with Gasteiger partial charge in [0.2, 0.25) is 0 Å². The van der Waals surface area contributed by atoms with Crippen LogP contribution >= 0.6 is 0 Å². The van der Waals surface area contributed by atoms with Crippen molar-refractivity contribution in [3.8, 4) is 0 Å². The molecule has 1 saturated heterocycles. The Morgan fingerprint density at radius 3 is 2.69 bits per heavy atom. The predicted molar refractivity (Wildman–Crippen MR) is 59.7 cm³/mol. The Balaban J connectivity index is 2.04. The molecule has 88 valence electrons. The molecule has 3 heteroatoms. The van der Waals surface area contributed by atoms with Crippen LogP contribution in [0.5, 0.6) is 0 Å². The fourth-order valence-electron chi connectivity index (χ4n) is 2.18. The molecule has 1 N–H and O–H groups in total. The van der Waals surface area contributed by atoms with Crippen LogP contribution in [0.3, 0.4) is 0 Å². The van der Waals surface area contributed by atoms with Gasteiger partial charge in [-0.25, -0.2) is 4.39 Å². The Bertz CT molecular complexity index is 339. The average Bonchev–Trinajstić information content (AvgIpc) is 2.75. The Kier molecular flexibility index (Phi) is 3.26. The van der Waals surface area contributed by atoms with Crippen LogP contribution in [0.15, 0.2) is 24.3 Å². The van der Waals surface area contributed by atoms with E-state index < -0.39 is 5.60 Å². The Hall–Kier alpha value is -0.930. The van der Waals surface area contributed by atoms with Crippen molar-refractivity contribution in [1.29, 1.82) is 0 Å². The molecule has 1 aliphatic rings. The molecule has 2 nitrogen and oxygen atoms in total. The molecule has 1 aliphatic heterocycles. The lowest BCUT2D eigenvalue weighted by molar-refractivity contribution is -0.00455.